The predicted molar refractivity (Wildman–Crippen MR) is 108 cm³/mol. The van der Waals surface area contributed by atoms with E-state index in [4.69, 9.17) is 11.6 Å². The Hall–Kier alpha value is -2.33. The summed E-state index contributed by atoms with van der Waals surface area (Å²) in [4.78, 5) is 32.6. The smallest absolute Gasteiger partial charge is 0.393 e. The first-order chi connectivity index (χ1) is 15.1. The Morgan fingerprint density at radius 2 is 1.72 bits per heavy atom. The lowest BCUT2D eigenvalue weighted by molar-refractivity contribution is -0.143. The van der Waals surface area contributed by atoms with Gasteiger partial charge in [0.2, 0.25) is 5.91 Å². The van der Waals surface area contributed by atoms with Crippen molar-refractivity contribution in [3.05, 3.63) is 34.2 Å². The second-order valence-corrected chi connectivity index (χ2v) is 9.20. The topological polar surface area (TPSA) is 78.2 Å². The number of rotatable bonds is 3. The predicted octanol–water partition coefficient (Wildman–Crippen LogP) is 2.94. The molecule has 0 aromatic carbocycles. The van der Waals surface area contributed by atoms with E-state index in [1.807, 2.05) is 0 Å². The van der Waals surface area contributed by atoms with E-state index in [1.54, 1.807) is 4.90 Å². The molecule has 0 unspecified atom stereocenters. The number of aliphatic hydroxyl groups excluding tert-OH is 1. The molecule has 11 heteroatoms. The van der Waals surface area contributed by atoms with Gasteiger partial charge in [-0.25, -0.2) is 4.98 Å². The van der Waals surface area contributed by atoms with Gasteiger partial charge in [0, 0.05) is 38.3 Å². The molecule has 0 bridgehead atoms. The van der Waals surface area contributed by atoms with E-state index in [-0.39, 0.29) is 47.3 Å². The van der Waals surface area contributed by atoms with Crippen LogP contribution in [0, 0.1) is 5.92 Å². The molecule has 3 heterocycles. The molecule has 3 aliphatic rings. The number of nitrogens with zero attached hydrogens (tertiary/aromatic N) is 4. The molecule has 2 aromatic heterocycles. The average molecular weight is 471 g/mol. The Balaban J connectivity index is 1.37. The molecule has 2 amide bonds. The van der Waals surface area contributed by atoms with Crippen molar-refractivity contribution < 1.29 is 27.9 Å². The van der Waals surface area contributed by atoms with Crippen molar-refractivity contribution in [2.75, 3.05) is 26.2 Å². The van der Waals surface area contributed by atoms with Crippen molar-refractivity contribution in [1.29, 1.82) is 0 Å². The number of imidazole rings is 1. The zero-order chi connectivity index (χ0) is 22.8. The first kappa shape index (κ1) is 21.5. The molecular formula is C21H22ClF3N4O3. The summed E-state index contributed by atoms with van der Waals surface area (Å²) in [6.45, 7) is 1.12. The summed E-state index contributed by atoms with van der Waals surface area (Å²) < 4.78 is 42.2. The number of halogens is 4. The number of hydrogen-bond acceptors (Lipinski definition) is 4. The Morgan fingerprint density at radius 1 is 1.09 bits per heavy atom. The van der Waals surface area contributed by atoms with Crippen LogP contribution in [0.15, 0.2) is 12.3 Å². The van der Waals surface area contributed by atoms with Gasteiger partial charge in [-0.2, -0.15) is 13.2 Å². The third-order valence-electron chi connectivity index (χ3n) is 6.58. The minimum absolute atomic E-state index is 0.0319. The lowest BCUT2D eigenvalue weighted by Crippen LogP contribution is -2.53. The zero-order valence-electron chi connectivity index (χ0n) is 17.1. The summed E-state index contributed by atoms with van der Waals surface area (Å²) in [5, 5.41) is 9.26. The standard InChI is InChI=1S/C21H22ClF3N4O3/c22-17-16(20(32)28-5-3-27(4-6-28)19(31)12-7-14(30)8-12)26-18-15(21(23,24)25)9-13(10-29(17)18)11-1-2-11/h9-12,14,30H,1-8H2. The highest BCUT2D eigenvalue weighted by Gasteiger charge is 2.39. The third-order valence-corrected chi connectivity index (χ3v) is 6.94. The fourth-order valence-electron chi connectivity index (χ4n) is 4.45. The number of piperazine rings is 1. The maximum atomic E-state index is 13.7. The quantitative estimate of drug-likeness (QED) is 0.748. The molecule has 5 rings (SSSR count). The summed E-state index contributed by atoms with van der Waals surface area (Å²) in [5.74, 6) is -0.691. The molecule has 0 spiro atoms. The molecular weight excluding hydrogens is 449 g/mol. The van der Waals surface area contributed by atoms with Crippen molar-refractivity contribution in [3.8, 4) is 0 Å². The summed E-state index contributed by atoms with van der Waals surface area (Å²) in [5.41, 5.74) is -0.961. The number of aliphatic hydroxyl groups is 1. The normalized spacial score (nSPS) is 24.0. The minimum atomic E-state index is -4.62. The summed E-state index contributed by atoms with van der Waals surface area (Å²) in [6.07, 6.45) is -0.947. The van der Waals surface area contributed by atoms with E-state index in [0.717, 1.165) is 23.3 Å². The molecule has 3 fully saturated rings. The van der Waals surface area contributed by atoms with Gasteiger partial charge >= 0.3 is 6.18 Å². The van der Waals surface area contributed by atoms with Gasteiger partial charge in [0.15, 0.2) is 11.3 Å². The number of carbonyl (C=O) groups excluding carboxylic acids is 2. The lowest BCUT2D eigenvalue weighted by Gasteiger charge is -2.39. The van der Waals surface area contributed by atoms with Crippen molar-refractivity contribution >= 4 is 29.1 Å². The van der Waals surface area contributed by atoms with Crippen LogP contribution in [0.3, 0.4) is 0 Å². The van der Waals surface area contributed by atoms with Crippen molar-refractivity contribution in [2.45, 2.75) is 43.9 Å². The molecule has 2 aliphatic carbocycles. The van der Waals surface area contributed by atoms with E-state index in [2.05, 4.69) is 4.98 Å². The maximum Gasteiger partial charge on any atom is 0.419 e. The van der Waals surface area contributed by atoms with Crippen LogP contribution in [0.4, 0.5) is 13.2 Å². The first-order valence-corrected chi connectivity index (χ1v) is 11.1. The first-order valence-electron chi connectivity index (χ1n) is 10.7. The number of amides is 2. The number of fused-ring (bicyclic) bond motifs is 1. The van der Waals surface area contributed by atoms with Crippen LogP contribution in [-0.4, -0.2) is 68.4 Å². The summed E-state index contributed by atoms with van der Waals surface area (Å²) in [7, 11) is 0. The number of carbonyl (C=O) groups is 2. The van der Waals surface area contributed by atoms with Gasteiger partial charge in [0.25, 0.3) is 5.91 Å². The monoisotopic (exact) mass is 470 g/mol. The van der Waals surface area contributed by atoms with Gasteiger partial charge in [-0.15, -0.1) is 0 Å². The van der Waals surface area contributed by atoms with Gasteiger partial charge in [-0.05, 0) is 43.2 Å². The molecule has 2 saturated carbocycles. The molecule has 1 saturated heterocycles. The van der Waals surface area contributed by atoms with E-state index >= 15 is 0 Å². The zero-order valence-corrected chi connectivity index (χ0v) is 17.9. The van der Waals surface area contributed by atoms with Gasteiger partial charge in [-0.1, -0.05) is 11.6 Å². The molecule has 0 atom stereocenters. The van der Waals surface area contributed by atoms with Crippen molar-refractivity contribution in [2.24, 2.45) is 5.92 Å². The fraction of sp³-hybridized carbons (Fsp3) is 0.571. The van der Waals surface area contributed by atoms with E-state index in [0.29, 0.717) is 31.5 Å². The lowest BCUT2D eigenvalue weighted by atomic mass is 9.81. The molecule has 1 aliphatic heterocycles. The van der Waals surface area contributed by atoms with Crippen molar-refractivity contribution in [1.82, 2.24) is 19.2 Å². The van der Waals surface area contributed by atoms with Crippen LogP contribution in [0.1, 0.15) is 53.2 Å². The van der Waals surface area contributed by atoms with Crippen LogP contribution >= 0.6 is 11.6 Å². The van der Waals surface area contributed by atoms with Crippen LogP contribution in [0.25, 0.3) is 5.65 Å². The highest BCUT2D eigenvalue weighted by molar-refractivity contribution is 6.33. The molecule has 172 valence electrons. The average Bonchev–Trinajstić information content (AvgIpc) is 3.53. The molecule has 7 nitrogen and oxygen atoms in total. The van der Waals surface area contributed by atoms with Gasteiger partial charge < -0.3 is 14.9 Å². The van der Waals surface area contributed by atoms with Crippen LogP contribution in [0.2, 0.25) is 5.15 Å². The minimum Gasteiger partial charge on any atom is -0.393 e. The Morgan fingerprint density at radius 3 is 2.28 bits per heavy atom. The Bertz CT molecular complexity index is 1080. The SMILES string of the molecule is O=C(c1nc2c(C(F)(F)F)cc(C3CC3)cn2c1Cl)N1CCN(C(=O)C2CC(O)C2)CC1. The number of hydrogen-bond donors (Lipinski definition) is 1. The number of alkyl halides is 3. The van der Waals surface area contributed by atoms with Crippen LogP contribution in [0.5, 0.6) is 0 Å². The van der Waals surface area contributed by atoms with Gasteiger partial charge in [-0.3, -0.25) is 14.0 Å². The van der Waals surface area contributed by atoms with Crippen LogP contribution in [-0.2, 0) is 11.0 Å². The largest absolute Gasteiger partial charge is 0.419 e. The van der Waals surface area contributed by atoms with E-state index in [9.17, 15) is 27.9 Å². The summed E-state index contributed by atoms with van der Waals surface area (Å²) >= 11 is 6.35. The highest BCUT2D eigenvalue weighted by atomic mass is 35.5. The van der Waals surface area contributed by atoms with Gasteiger partial charge in [0.05, 0.1) is 11.7 Å². The number of aromatic nitrogens is 2. The highest BCUT2D eigenvalue weighted by Crippen LogP contribution is 2.43. The number of pyridine rings is 1. The van der Waals surface area contributed by atoms with E-state index in [1.165, 1.54) is 11.1 Å². The third kappa shape index (κ3) is 3.73. The van der Waals surface area contributed by atoms with Gasteiger partial charge in [0.1, 0.15) is 5.15 Å². The fourth-order valence-corrected chi connectivity index (χ4v) is 4.70. The van der Waals surface area contributed by atoms with E-state index < -0.39 is 23.8 Å². The maximum absolute atomic E-state index is 13.7. The Labute approximate surface area is 186 Å². The van der Waals surface area contributed by atoms with Crippen LogP contribution < -0.4 is 0 Å². The Kier molecular flexibility index (Phi) is 5.12. The molecule has 2 aromatic rings. The second-order valence-electron chi connectivity index (χ2n) is 8.84. The second kappa shape index (κ2) is 7.62. The molecule has 0 radical (unpaired) electrons. The summed E-state index contributed by atoms with van der Waals surface area (Å²) in [6, 6.07) is 1.10. The van der Waals surface area contributed by atoms with Crippen molar-refractivity contribution in [3.63, 3.8) is 0 Å². The molecule has 1 N–H and O–H groups in total. The molecule has 32 heavy (non-hydrogen) atoms.